The van der Waals surface area contributed by atoms with Crippen LogP contribution < -0.4 is 10.6 Å². The van der Waals surface area contributed by atoms with Crippen LogP contribution in [0.5, 0.6) is 0 Å². The topological polar surface area (TPSA) is 67.1 Å². The highest BCUT2D eigenvalue weighted by Gasteiger charge is 2.21. The Balaban J connectivity index is 0.00000261. The Bertz CT molecular complexity index is 843. The highest BCUT2D eigenvalue weighted by atomic mass is 127. The number of rotatable bonds is 6. The van der Waals surface area contributed by atoms with Crippen molar-refractivity contribution in [3.63, 3.8) is 0 Å². The molecular weight excluding hydrogens is 471 g/mol. The van der Waals surface area contributed by atoms with Crippen LogP contribution in [0.1, 0.15) is 24.3 Å². The Morgan fingerprint density at radius 1 is 1.22 bits per heavy atom. The molecule has 3 heterocycles. The third-order valence-electron chi connectivity index (χ3n) is 4.12. The van der Waals surface area contributed by atoms with Gasteiger partial charge in [-0.1, -0.05) is 19.9 Å². The van der Waals surface area contributed by atoms with E-state index in [2.05, 4.69) is 57.1 Å². The minimum atomic E-state index is 0. The Morgan fingerprint density at radius 2 is 2.07 bits per heavy atom. The van der Waals surface area contributed by atoms with Crippen molar-refractivity contribution in [2.45, 2.75) is 25.8 Å². The molecule has 0 unspecified atom stereocenters. The number of nitrogens with zero attached hydrogens (tertiary/aromatic N) is 4. The van der Waals surface area contributed by atoms with Crippen LogP contribution in [0.3, 0.4) is 0 Å². The number of aliphatic imine (C=N–C) groups is 1. The molecule has 0 amide bonds. The normalized spacial score (nSPS) is 11.7. The number of hydrogen-bond acceptors (Lipinski definition) is 4. The lowest BCUT2D eigenvalue weighted by Crippen LogP contribution is -2.42. The SMILES string of the molecule is CN=C(NCc1ccnc(-n2cccn2)c1)NCC(C)(C)c1cccs1.I. The van der Waals surface area contributed by atoms with E-state index in [9.17, 15) is 0 Å². The van der Waals surface area contributed by atoms with Crippen LogP contribution in [0.4, 0.5) is 0 Å². The van der Waals surface area contributed by atoms with Gasteiger partial charge < -0.3 is 10.6 Å². The first-order valence-electron chi connectivity index (χ1n) is 8.52. The quantitative estimate of drug-likeness (QED) is 0.311. The minimum absolute atomic E-state index is 0. The van der Waals surface area contributed by atoms with Gasteiger partial charge in [-0.25, -0.2) is 9.67 Å². The van der Waals surface area contributed by atoms with Crippen molar-refractivity contribution in [3.05, 3.63) is 64.7 Å². The lowest BCUT2D eigenvalue weighted by molar-refractivity contribution is 0.518. The number of halogens is 1. The molecule has 8 heteroatoms. The first-order chi connectivity index (χ1) is 12.6. The molecule has 144 valence electrons. The van der Waals surface area contributed by atoms with Crippen molar-refractivity contribution in [1.82, 2.24) is 25.4 Å². The molecule has 0 saturated heterocycles. The highest BCUT2D eigenvalue weighted by molar-refractivity contribution is 14.0. The Kier molecular flexibility index (Phi) is 7.78. The zero-order valence-electron chi connectivity index (χ0n) is 15.7. The predicted molar refractivity (Wildman–Crippen MR) is 122 cm³/mol. The highest BCUT2D eigenvalue weighted by Crippen LogP contribution is 2.26. The van der Waals surface area contributed by atoms with Crippen molar-refractivity contribution in [3.8, 4) is 5.82 Å². The van der Waals surface area contributed by atoms with E-state index in [0.29, 0.717) is 6.54 Å². The molecule has 3 aromatic rings. The van der Waals surface area contributed by atoms with Crippen molar-refractivity contribution in [2.75, 3.05) is 13.6 Å². The summed E-state index contributed by atoms with van der Waals surface area (Å²) in [5.74, 6) is 1.59. The average Bonchev–Trinajstić information content (AvgIpc) is 3.36. The van der Waals surface area contributed by atoms with E-state index in [0.717, 1.165) is 23.9 Å². The second-order valence-electron chi connectivity index (χ2n) is 6.61. The first-order valence-corrected chi connectivity index (χ1v) is 9.40. The molecule has 0 fully saturated rings. The maximum Gasteiger partial charge on any atom is 0.191 e. The molecule has 2 N–H and O–H groups in total. The number of guanidine groups is 1. The third kappa shape index (κ3) is 5.77. The Hall–Kier alpha value is -1.94. The summed E-state index contributed by atoms with van der Waals surface area (Å²) in [6, 6.07) is 10.2. The lowest BCUT2D eigenvalue weighted by Gasteiger charge is -2.25. The van der Waals surface area contributed by atoms with Crippen LogP contribution in [0.25, 0.3) is 5.82 Å². The fourth-order valence-corrected chi connectivity index (χ4v) is 3.41. The smallest absolute Gasteiger partial charge is 0.191 e. The van der Waals surface area contributed by atoms with Gasteiger partial charge >= 0.3 is 0 Å². The summed E-state index contributed by atoms with van der Waals surface area (Å²) in [7, 11) is 1.79. The molecule has 0 aliphatic rings. The maximum atomic E-state index is 4.35. The third-order valence-corrected chi connectivity index (χ3v) is 5.35. The second kappa shape index (κ2) is 9.84. The number of thiophene rings is 1. The van der Waals surface area contributed by atoms with Crippen LogP contribution in [0, 0.1) is 0 Å². The molecule has 0 spiro atoms. The molecule has 0 atom stereocenters. The molecule has 6 nitrogen and oxygen atoms in total. The van der Waals surface area contributed by atoms with E-state index in [1.807, 2.05) is 24.4 Å². The van der Waals surface area contributed by atoms with E-state index in [1.165, 1.54) is 4.88 Å². The van der Waals surface area contributed by atoms with Crippen LogP contribution in [0.15, 0.2) is 59.3 Å². The van der Waals surface area contributed by atoms with Crippen LogP contribution in [-0.4, -0.2) is 34.3 Å². The molecular formula is C19H25IN6S. The van der Waals surface area contributed by atoms with Crippen molar-refractivity contribution < 1.29 is 0 Å². The number of aromatic nitrogens is 3. The zero-order valence-corrected chi connectivity index (χ0v) is 18.9. The van der Waals surface area contributed by atoms with Gasteiger partial charge in [0.25, 0.3) is 0 Å². The van der Waals surface area contributed by atoms with Gasteiger partial charge in [0.1, 0.15) is 0 Å². The van der Waals surface area contributed by atoms with Gasteiger partial charge in [-0.2, -0.15) is 5.10 Å². The number of nitrogens with one attached hydrogen (secondary N) is 2. The number of hydrogen-bond donors (Lipinski definition) is 2. The van der Waals surface area contributed by atoms with Crippen molar-refractivity contribution in [2.24, 2.45) is 4.99 Å². The fourth-order valence-electron chi connectivity index (χ4n) is 2.56. The molecule has 0 aliphatic carbocycles. The molecule has 0 aromatic carbocycles. The van der Waals surface area contributed by atoms with Crippen molar-refractivity contribution >= 4 is 41.3 Å². The fraction of sp³-hybridized carbons (Fsp3) is 0.316. The second-order valence-corrected chi connectivity index (χ2v) is 7.56. The molecule has 0 bridgehead atoms. The predicted octanol–water partition coefficient (Wildman–Crippen LogP) is 3.59. The summed E-state index contributed by atoms with van der Waals surface area (Å²) in [5.41, 5.74) is 1.17. The van der Waals surface area contributed by atoms with Gasteiger partial charge in [0.2, 0.25) is 0 Å². The summed E-state index contributed by atoms with van der Waals surface area (Å²) in [4.78, 5) is 10.0. The van der Waals surface area contributed by atoms with Gasteiger partial charge in [-0.05, 0) is 35.2 Å². The maximum absolute atomic E-state index is 4.35. The van der Waals surface area contributed by atoms with E-state index < -0.39 is 0 Å². The van der Waals surface area contributed by atoms with Crippen LogP contribution in [0.2, 0.25) is 0 Å². The molecule has 3 aromatic heterocycles. The monoisotopic (exact) mass is 496 g/mol. The zero-order chi connectivity index (χ0) is 18.4. The van der Waals surface area contributed by atoms with Gasteiger partial charge in [-0.3, -0.25) is 4.99 Å². The van der Waals surface area contributed by atoms with Crippen molar-refractivity contribution in [1.29, 1.82) is 0 Å². The lowest BCUT2D eigenvalue weighted by atomic mass is 9.91. The summed E-state index contributed by atoms with van der Waals surface area (Å²) < 4.78 is 1.75. The molecule has 0 saturated carbocycles. The van der Waals surface area contributed by atoms with Crippen LogP contribution >= 0.6 is 35.3 Å². The van der Waals surface area contributed by atoms with Gasteiger partial charge in [-0.15, -0.1) is 35.3 Å². The summed E-state index contributed by atoms with van der Waals surface area (Å²) in [6.45, 7) is 5.94. The largest absolute Gasteiger partial charge is 0.356 e. The van der Waals surface area contributed by atoms with Crippen LogP contribution in [-0.2, 0) is 12.0 Å². The standard InChI is InChI=1S/C19H24N6S.HI/c1-19(2,16-6-4-11-26-16)14-23-18(20-3)22-13-15-7-9-21-17(12-15)25-10-5-8-24-25;/h4-12H,13-14H2,1-3H3,(H2,20,22,23);1H. The van der Waals surface area contributed by atoms with E-state index in [1.54, 1.807) is 35.5 Å². The van der Waals surface area contributed by atoms with Gasteiger partial charge in [0.15, 0.2) is 11.8 Å². The van der Waals surface area contributed by atoms with E-state index in [4.69, 9.17) is 0 Å². The first kappa shape index (κ1) is 21.4. The molecule has 3 rings (SSSR count). The summed E-state index contributed by atoms with van der Waals surface area (Å²) in [6.07, 6.45) is 5.42. The molecule has 0 radical (unpaired) electrons. The summed E-state index contributed by atoms with van der Waals surface area (Å²) >= 11 is 1.78. The van der Waals surface area contributed by atoms with Gasteiger partial charge in [0, 0.05) is 49.0 Å². The Labute approximate surface area is 181 Å². The molecule has 0 aliphatic heterocycles. The Morgan fingerprint density at radius 3 is 2.74 bits per heavy atom. The van der Waals surface area contributed by atoms with Gasteiger partial charge in [0.05, 0.1) is 0 Å². The van der Waals surface area contributed by atoms with E-state index >= 15 is 0 Å². The summed E-state index contributed by atoms with van der Waals surface area (Å²) in [5, 5.41) is 13.1. The average molecular weight is 496 g/mol. The minimum Gasteiger partial charge on any atom is -0.356 e. The number of pyridine rings is 1. The van der Waals surface area contributed by atoms with E-state index in [-0.39, 0.29) is 29.4 Å². The molecule has 27 heavy (non-hydrogen) atoms.